The average Bonchev–Trinajstić information content (AvgIpc) is 2.98. The van der Waals surface area contributed by atoms with E-state index in [-0.39, 0.29) is 0 Å². The molecule has 0 heterocycles. The van der Waals surface area contributed by atoms with Crippen LogP contribution in [0.1, 0.15) is 42.7 Å². The quantitative estimate of drug-likeness (QED) is 0.646. The molecule has 0 N–H and O–H groups in total. The van der Waals surface area contributed by atoms with Crippen molar-refractivity contribution in [3.05, 3.63) is 35.4 Å². The zero-order valence-electron chi connectivity index (χ0n) is 7.59. The fraction of sp³-hybridized carbons (Fsp3) is 0.500. The number of hydrogen-bond donors (Lipinski definition) is 0. The van der Waals surface area contributed by atoms with Gasteiger partial charge >= 0.3 is 0 Å². The smallest absolute Gasteiger partial charge is 0.136 e. The first-order valence-corrected chi connectivity index (χ1v) is 5.07. The van der Waals surface area contributed by atoms with Gasteiger partial charge in [-0.3, -0.25) is 0 Å². The van der Waals surface area contributed by atoms with E-state index in [4.69, 9.17) is 0 Å². The van der Waals surface area contributed by atoms with Gasteiger partial charge in [0.25, 0.3) is 0 Å². The second-order valence-electron chi connectivity index (χ2n) is 4.36. The van der Waals surface area contributed by atoms with Gasteiger partial charge in [0.05, 0.1) is 0 Å². The molecule has 1 aromatic carbocycles. The molecule has 13 heavy (non-hydrogen) atoms. The van der Waals surface area contributed by atoms with Gasteiger partial charge in [0, 0.05) is 0 Å². The molecule has 0 radical (unpaired) electrons. The van der Waals surface area contributed by atoms with Crippen LogP contribution in [0.5, 0.6) is 0 Å². The predicted molar refractivity (Wildman–Crippen MR) is 50.4 cm³/mol. The lowest BCUT2D eigenvalue weighted by Crippen LogP contribution is -1.96. The van der Waals surface area contributed by atoms with Gasteiger partial charge in [-0.05, 0) is 42.7 Å². The van der Waals surface area contributed by atoms with Crippen molar-refractivity contribution in [1.82, 2.24) is 0 Å². The third-order valence-electron chi connectivity index (χ3n) is 3.17. The molecule has 2 saturated carbocycles. The summed E-state index contributed by atoms with van der Waals surface area (Å²) in [6.45, 7) is 0. The molecule has 0 atom stereocenters. The van der Waals surface area contributed by atoms with Crippen LogP contribution >= 0.6 is 0 Å². The molecular formula is C12H13F. The van der Waals surface area contributed by atoms with Crippen LogP contribution in [-0.2, 0) is 5.67 Å². The molecule has 2 aliphatic carbocycles. The van der Waals surface area contributed by atoms with Crippen molar-refractivity contribution in [3.8, 4) is 0 Å². The molecule has 2 aliphatic rings. The van der Waals surface area contributed by atoms with Gasteiger partial charge in [-0.2, -0.15) is 0 Å². The van der Waals surface area contributed by atoms with E-state index in [1.807, 2.05) is 12.1 Å². The van der Waals surface area contributed by atoms with E-state index in [1.54, 1.807) is 0 Å². The minimum Gasteiger partial charge on any atom is -0.239 e. The molecule has 0 bridgehead atoms. The summed E-state index contributed by atoms with van der Waals surface area (Å²) in [4.78, 5) is 0. The lowest BCUT2D eigenvalue weighted by molar-refractivity contribution is 0.317. The van der Waals surface area contributed by atoms with Gasteiger partial charge in [0.2, 0.25) is 0 Å². The Morgan fingerprint density at radius 1 is 1.08 bits per heavy atom. The summed E-state index contributed by atoms with van der Waals surface area (Å²) >= 11 is 0. The van der Waals surface area contributed by atoms with E-state index < -0.39 is 5.67 Å². The van der Waals surface area contributed by atoms with Crippen LogP contribution in [0, 0.1) is 0 Å². The molecule has 0 nitrogen and oxygen atoms in total. The molecule has 0 unspecified atom stereocenters. The van der Waals surface area contributed by atoms with E-state index in [0.29, 0.717) is 0 Å². The van der Waals surface area contributed by atoms with Gasteiger partial charge in [-0.15, -0.1) is 0 Å². The highest BCUT2D eigenvalue weighted by molar-refractivity contribution is 5.33. The Bertz CT molecular complexity index is 317. The topological polar surface area (TPSA) is 0 Å². The Hall–Kier alpha value is -0.850. The Labute approximate surface area is 77.8 Å². The molecule has 2 fully saturated rings. The normalized spacial score (nSPS) is 24.4. The summed E-state index contributed by atoms with van der Waals surface area (Å²) in [5, 5.41) is 0. The highest BCUT2D eigenvalue weighted by atomic mass is 19.1. The number of hydrogen-bond acceptors (Lipinski definition) is 0. The SMILES string of the molecule is FC1(c2ccc(C3CC3)cc2)CC1. The molecule has 0 saturated heterocycles. The van der Waals surface area contributed by atoms with Gasteiger partial charge in [-0.25, -0.2) is 4.39 Å². The van der Waals surface area contributed by atoms with Crippen molar-refractivity contribution in [1.29, 1.82) is 0 Å². The Balaban J connectivity index is 1.89. The molecule has 3 rings (SSSR count). The van der Waals surface area contributed by atoms with Crippen LogP contribution in [-0.4, -0.2) is 0 Å². The highest BCUT2D eigenvalue weighted by Gasteiger charge is 2.44. The average molecular weight is 176 g/mol. The molecule has 0 aliphatic heterocycles. The molecule has 68 valence electrons. The summed E-state index contributed by atoms with van der Waals surface area (Å²) in [6.07, 6.45) is 4.08. The summed E-state index contributed by atoms with van der Waals surface area (Å²) in [7, 11) is 0. The van der Waals surface area contributed by atoms with Crippen LogP contribution in [0.2, 0.25) is 0 Å². The molecule has 0 amide bonds. The van der Waals surface area contributed by atoms with Crippen molar-refractivity contribution in [2.24, 2.45) is 0 Å². The van der Waals surface area contributed by atoms with Gasteiger partial charge in [-0.1, -0.05) is 24.3 Å². The Kier molecular flexibility index (Phi) is 1.36. The third kappa shape index (κ3) is 1.27. The van der Waals surface area contributed by atoms with Crippen LogP contribution in [0.15, 0.2) is 24.3 Å². The second-order valence-corrected chi connectivity index (χ2v) is 4.36. The summed E-state index contributed by atoms with van der Waals surface area (Å²) in [6, 6.07) is 8.15. The predicted octanol–water partition coefficient (Wildman–Crippen LogP) is 3.52. The van der Waals surface area contributed by atoms with Crippen molar-refractivity contribution in [2.45, 2.75) is 37.3 Å². The number of halogens is 1. The molecule has 0 aromatic heterocycles. The summed E-state index contributed by atoms with van der Waals surface area (Å²) in [5.74, 6) is 0.781. The first-order valence-electron chi connectivity index (χ1n) is 5.07. The van der Waals surface area contributed by atoms with Gasteiger partial charge in [0.15, 0.2) is 0 Å². The lowest BCUT2D eigenvalue weighted by atomic mass is 10.0. The lowest BCUT2D eigenvalue weighted by Gasteiger charge is -2.05. The largest absolute Gasteiger partial charge is 0.239 e. The molecular weight excluding hydrogens is 163 g/mol. The fourth-order valence-electron chi connectivity index (χ4n) is 1.87. The van der Waals surface area contributed by atoms with E-state index in [9.17, 15) is 4.39 Å². The van der Waals surface area contributed by atoms with Gasteiger partial charge in [0.1, 0.15) is 5.67 Å². The molecule has 1 heteroatoms. The summed E-state index contributed by atoms with van der Waals surface area (Å²) < 4.78 is 13.6. The maximum absolute atomic E-state index is 13.6. The van der Waals surface area contributed by atoms with Crippen molar-refractivity contribution in [2.75, 3.05) is 0 Å². The maximum atomic E-state index is 13.6. The van der Waals surface area contributed by atoms with Crippen molar-refractivity contribution in [3.63, 3.8) is 0 Å². The number of benzene rings is 1. The molecule has 1 aromatic rings. The number of alkyl halides is 1. The van der Waals surface area contributed by atoms with Crippen molar-refractivity contribution >= 4 is 0 Å². The monoisotopic (exact) mass is 176 g/mol. The third-order valence-corrected chi connectivity index (χ3v) is 3.17. The standard InChI is InChI=1S/C12H13F/c13-12(7-8-12)11-5-3-10(4-6-11)9-1-2-9/h3-6,9H,1-2,7-8H2. The minimum absolute atomic E-state index is 0.718. The van der Waals surface area contributed by atoms with Gasteiger partial charge < -0.3 is 0 Å². The van der Waals surface area contributed by atoms with E-state index >= 15 is 0 Å². The number of rotatable bonds is 2. The van der Waals surface area contributed by atoms with E-state index in [1.165, 1.54) is 18.4 Å². The van der Waals surface area contributed by atoms with E-state index in [0.717, 1.165) is 24.3 Å². The van der Waals surface area contributed by atoms with Crippen LogP contribution < -0.4 is 0 Å². The van der Waals surface area contributed by atoms with Crippen LogP contribution in [0.4, 0.5) is 4.39 Å². The fourth-order valence-corrected chi connectivity index (χ4v) is 1.87. The van der Waals surface area contributed by atoms with E-state index in [2.05, 4.69) is 12.1 Å². The highest BCUT2D eigenvalue weighted by Crippen LogP contribution is 2.50. The minimum atomic E-state index is -0.956. The molecule has 0 spiro atoms. The first kappa shape index (κ1) is 7.54. The second kappa shape index (κ2) is 2.34. The zero-order chi connectivity index (χ0) is 8.89. The zero-order valence-corrected chi connectivity index (χ0v) is 7.59. The van der Waals surface area contributed by atoms with Crippen LogP contribution in [0.3, 0.4) is 0 Å². The Morgan fingerprint density at radius 3 is 2.15 bits per heavy atom. The maximum Gasteiger partial charge on any atom is 0.136 e. The summed E-state index contributed by atoms with van der Waals surface area (Å²) in [5.41, 5.74) is 1.33. The Morgan fingerprint density at radius 2 is 1.69 bits per heavy atom. The first-order chi connectivity index (χ1) is 6.28. The van der Waals surface area contributed by atoms with Crippen molar-refractivity contribution < 1.29 is 4.39 Å². The van der Waals surface area contributed by atoms with Crippen LogP contribution in [0.25, 0.3) is 0 Å².